The van der Waals surface area contributed by atoms with Crippen LogP contribution in [0.15, 0.2) is 0 Å². The Hall–Kier alpha value is -1.63. The first kappa shape index (κ1) is 13.8. The highest BCUT2D eigenvalue weighted by molar-refractivity contribution is 7.13. The molecule has 0 radical (unpaired) electrons. The lowest BCUT2D eigenvalue weighted by Crippen LogP contribution is -2.39. The fraction of sp³-hybridized carbons (Fsp3) is 0.583. The van der Waals surface area contributed by atoms with Crippen LogP contribution in [-0.2, 0) is 6.54 Å². The molecule has 19 heavy (non-hydrogen) atoms. The fourth-order valence-corrected chi connectivity index (χ4v) is 2.72. The number of aryl methyl sites for hydroxylation is 1. The van der Waals surface area contributed by atoms with Crippen LogP contribution in [0.2, 0.25) is 0 Å². The second-order valence-electron chi connectivity index (χ2n) is 4.69. The number of urea groups is 1. The molecule has 2 rings (SSSR count). The first-order chi connectivity index (χ1) is 9.06. The van der Waals surface area contributed by atoms with Crippen LogP contribution in [0.3, 0.4) is 0 Å². The van der Waals surface area contributed by atoms with E-state index in [1.807, 2.05) is 0 Å². The largest absolute Gasteiger partial charge is 0.477 e. The summed E-state index contributed by atoms with van der Waals surface area (Å²) in [7, 11) is 0. The summed E-state index contributed by atoms with van der Waals surface area (Å²) < 4.78 is 0. The number of amides is 2. The van der Waals surface area contributed by atoms with Crippen molar-refractivity contribution in [3.8, 4) is 0 Å². The molecule has 0 bridgehead atoms. The molecule has 1 aromatic rings. The van der Waals surface area contributed by atoms with Crippen LogP contribution in [-0.4, -0.2) is 28.6 Å². The minimum Gasteiger partial charge on any atom is -0.477 e. The topological polar surface area (TPSA) is 91.3 Å². The van der Waals surface area contributed by atoms with Crippen molar-refractivity contribution < 1.29 is 14.7 Å². The van der Waals surface area contributed by atoms with Gasteiger partial charge in [0.05, 0.1) is 12.2 Å². The number of aromatic carboxylic acids is 1. The molecule has 1 fully saturated rings. The minimum atomic E-state index is -0.976. The van der Waals surface area contributed by atoms with Crippen LogP contribution in [0.4, 0.5) is 4.79 Å². The van der Waals surface area contributed by atoms with Crippen LogP contribution < -0.4 is 10.6 Å². The third kappa shape index (κ3) is 3.66. The average molecular weight is 283 g/mol. The summed E-state index contributed by atoms with van der Waals surface area (Å²) in [4.78, 5) is 26.7. The lowest BCUT2D eigenvalue weighted by molar-refractivity contribution is 0.0701. The van der Waals surface area contributed by atoms with Crippen molar-refractivity contribution in [3.63, 3.8) is 0 Å². The molecule has 1 aliphatic rings. The highest BCUT2D eigenvalue weighted by atomic mass is 32.1. The number of carboxylic acids is 1. The maximum Gasteiger partial charge on any atom is 0.347 e. The molecule has 3 N–H and O–H groups in total. The molecule has 0 aromatic carbocycles. The second kappa shape index (κ2) is 6.01. The van der Waals surface area contributed by atoms with E-state index in [2.05, 4.69) is 15.6 Å². The lowest BCUT2D eigenvalue weighted by Gasteiger charge is -2.25. The third-order valence-electron chi connectivity index (χ3n) is 3.21. The molecule has 0 spiro atoms. The van der Waals surface area contributed by atoms with E-state index in [0.29, 0.717) is 23.2 Å². The molecule has 0 unspecified atom stereocenters. The van der Waals surface area contributed by atoms with Gasteiger partial charge >= 0.3 is 12.0 Å². The molecule has 0 atom stereocenters. The number of hydrogen-bond acceptors (Lipinski definition) is 4. The number of carboxylic acid groups (broad SMARTS) is 1. The molecule has 1 aromatic heterocycles. The van der Waals surface area contributed by atoms with Gasteiger partial charge in [-0.3, -0.25) is 0 Å². The van der Waals surface area contributed by atoms with Crippen LogP contribution in [0.5, 0.6) is 0 Å². The second-order valence-corrected chi connectivity index (χ2v) is 5.77. The molecule has 0 aliphatic heterocycles. The molecular formula is C12H17N3O3S. The highest BCUT2D eigenvalue weighted by Gasteiger charge is 2.18. The predicted octanol–water partition coefficient (Wildman–Crippen LogP) is 1.75. The van der Waals surface area contributed by atoms with Crippen LogP contribution in [0, 0.1) is 12.8 Å². The SMILES string of the molecule is Cc1nc(CNC(=O)NCC2CCC2)sc1C(=O)O. The fourth-order valence-electron chi connectivity index (χ4n) is 1.88. The molecule has 1 heterocycles. The molecule has 1 saturated carbocycles. The summed E-state index contributed by atoms with van der Waals surface area (Å²) in [6, 6.07) is -0.225. The number of carbonyl (C=O) groups excluding carboxylic acids is 1. The Bertz CT molecular complexity index is 483. The van der Waals surface area contributed by atoms with E-state index in [4.69, 9.17) is 5.11 Å². The Morgan fingerprint density at radius 1 is 1.42 bits per heavy atom. The maximum atomic E-state index is 11.5. The Morgan fingerprint density at radius 2 is 2.16 bits per heavy atom. The smallest absolute Gasteiger partial charge is 0.347 e. The third-order valence-corrected chi connectivity index (χ3v) is 4.36. The van der Waals surface area contributed by atoms with E-state index < -0.39 is 5.97 Å². The van der Waals surface area contributed by atoms with Gasteiger partial charge in [-0.1, -0.05) is 6.42 Å². The number of nitrogens with zero attached hydrogens (tertiary/aromatic N) is 1. The van der Waals surface area contributed by atoms with Gasteiger partial charge in [0, 0.05) is 6.54 Å². The standard InChI is InChI=1S/C12H17N3O3S/c1-7-10(11(16)17)19-9(15-7)6-14-12(18)13-5-8-3-2-4-8/h8H,2-6H2,1H3,(H,16,17)(H2,13,14,18). The Morgan fingerprint density at radius 3 is 2.68 bits per heavy atom. The van der Waals surface area contributed by atoms with E-state index in [1.165, 1.54) is 19.3 Å². The maximum absolute atomic E-state index is 11.5. The van der Waals surface area contributed by atoms with Crippen LogP contribution in [0.1, 0.15) is 39.6 Å². The number of rotatable bonds is 5. The van der Waals surface area contributed by atoms with Crippen molar-refractivity contribution >= 4 is 23.3 Å². The number of hydrogen-bond donors (Lipinski definition) is 3. The lowest BCUT2D eigenvalue weighted by atomic mass is 9.85. The van der Waals surface area contributed by atoms with Crippen molar-refractivity contribution in [2.24, 2.45) is 5.92 Å². The highest BCUT2D eigenvalue weighted by Crippen LogP contribution is 2.25. The summed E-state index contributed by atoms with van der Waals surface area (Å²) in [6.45, 7) is 2.62. The average Bonchev–Trinajstić information content (AvgIpc) is 2.66. The van der Waals surface area contributed by atoms with E-state index in [0.717, 1.165) is 11.3 Å². The first-order valence-electron chi connectivity index (χ1n) is 6.27. The zero-order chi connectivity index (χ0) is 13.8. The van der Waals surface area contributed by atoms with E-state index in [9.17, 15) is 9.59 Å². The molecule has 2 amide bonds. The summed E-state index contributed by atoms with van der Waals surface area (Å²) in [5, 5.41) is 15.0. The van der Waals surface area contributed by atoms with Crippen molar-refractivity contribution in [1.82, 2.24) is 15.6 Å². The summed E-state index contributed by atoms with van der Waals surface area (Å²) in [5.74, 6) is -0.359. The molecule has 104 valence electrons. The van der Waals surface area contributed by atoms with Gasteiger partial charge in [-0.2, -0.15) is 0 Å². The zero-order valence-electron chi connectivity index (χ0n) is 10.7. The van der Waals surface area contributed by atoms with E-state index in [-0.39, 0.29) is 17.5 Å². The number of nitrogens with one attached hydrogen (secondary N) is 2. The van der Waals surface area contributed by atoms with Crippen LogP contribution >= 0.6 is 11.3 Å². The van der Waals surface area contributed by atoms with Gasteiger partial charge in [-0.05, 0) is 25.7 Å². The van der Waals surface area contributed by atoms with Gasteiger partial charge in [0.2, 0.25) is 0 Å². The van der Waals surface area contributed by atoms with Crippen molar-refractivity contribution in [2.45, 2.75) is 32.7 Å². The quantitative estimate of drug-likeness (QED) is 0.767. The van der Waals surface area contributed by atoms with Crippen molar-refractivity contribution in [1.29, 1.82) is 0 Å². The van der Waals surface area contributed by atoms with Gasteiger partial charge in [0.1, 0.15) is 9.88 Å². The first-order valence-corrected chi connectivity index (χ1v) is 7.09. The van der Waals surface area contributed by atoms with Crippen molar-refractivity contribution in [3.05, 3.63) is 15.6 Å². The Balaban J connectivity index is 1.76. The Kier molecular flexibility index (Phi) is 4.36. The Labute approximate surface area is 115 Å². The normalized spacial score (nSPS) is 14.8. The molecular weight excluding hydrogens is 266 g/mol. The summed E-state index contributed by atoms with van der Waals surface area (Å²) in [6.07, 6.45) is 3.63. The van der Waals surface area contributed by atoms with Gasteiger partial charge < -0.3 is 15.7 Å². The molecule has 0 saturated heterocycles. The number of aromatic nitrogens is 1. The monoisotopic (exact) mass is 283 g/mol. The zero-order valence-corrected chi connectivity index (χ0v) is 11.5. The molecule has 1 aliphatic carbocycles. The minimum absolute atomic E-state index is 0.225. The summed E-state index contributed by atoms with van der Waals surface area (Å²) >= 11 is 1.10. The van der Waals surface area contributed by atoms with Gasteiger partial charge in [-0.15, -0.1) is 11.3 Å². The van der Waals surface area contributed by atoms with Gasteiger partial charge in [-0.25, -0.2) is 14.6 Å². The predicted molar refractivity (Wildman–Crippen MR) is 71.4 cm³/mol. The van der Waals surface area contributed by atoms with Gasteiger partial charge in [0.15, 0.2) is 0 Å². The molecule has 7 heteroatoms. The van der Waals surface area contributed by atoms with Gasteiger partial charge in [0.25, 0.3) is 0 Å². The number of carbonyl (C=O) groups is 2. The summed E-state index contributed by atoms with van der Waals surface area (Å²) in [5.41, 5.74) is 0.490. The van der Waals surface area contributed by atoms with E-state index in [1.54, 1.807) is 6.92 Å². The number of thiazole rings is 1. The van der Waals surface area contributed by atoms with Crippen molar-refractivity contribution in [2.75, 3.05) is 6.54 Å². The van der Waals surface area contributed by atoms with E-state index >= 15 is 0 Å². The molecule has 6 nitrogen and oxygen atoms in total. The van der Waals surface area contributed by atoms with Crippen LogP contribution in [0.25, 0.3) is 0 Å².